The Morgan fingerprint density at radius 3 is 2.74 bits per heavy atom. The van der Waals surface area contributed by atoms with E-state index >= 15 is 0 Å². The van der Waals surface area contributed by atoms with Gasteiger partial charge in [-0.15, -0.1) is 11.8 Å². The zero-order chi connectivity index (χ0) is 14.4. The molecule has 0 aromatic carbocycles. The van der Waals surface area contributed by atoms with E-state index in [4.69, 9.17) is 5.11 Å². The second-order valence-corrected chi connectivity index (χ2v) is 5.71. The van der Waals surface area contributed by atoms with Gasteiger partial charge < -0.3 is 15.3 Å². The van der Waals surface area contributed by atoms with E-state index < -0.39 is 12.0 Å². The summed E-state index contributed by atoms with van der Waals surface area (Å²) in [5.41, 5.74) is 0. The molecule has 0 aromatic rings. The summed E-state index contributed by atoms with van der Waals surface area (Å²) in [6.45, 7) is 3.76. The number of aliphatic carboxylic acids is 1. The molecule has 2 N–H and O–H groups in total. The van der Waals surface area contributed by atoms with Gasteiger partial charge in [0.15, 0.2) is 0 Å². The predicted octanol–water partition coefficient (Wildman–Crippen LogP) is 0.525. The lowest BCUT2D eigenvalue weighted by atomic mass is 10.1. The van der Waals surface area contributed by atoms with Gasteiger partial charge in [-0.1, -0.05) is 6.92 Å². The number of rotatable bonds is 6. The average molecular weight is 288 g/mol. The van der Waals surface area contributed by atoms with Crippen molar-refractivity contribution in [2.24, 2.45) is 5.92 Å². The van der Waals surface area contributed by atoms with Crippen LogP contribution in [0.15, 0.2) is 0 Å². The third kappa shape index (κ3) is 4.74. The molecule has 6 nitrogen and oxygen atoms in total. The van der Waals surface area contributed by atoms with Crippen molar-refractivity contribution in [3.8, 4) is 0 Å². The van der Waals surface area contributed by atoms with Crippen LogP contribution in [0.2, 0.25) is 0 Å². The summed E-state index contributed by atoms with van der Waals surface area (Å²) in [6.07, 6.45) is 1.28. The van der Waals surface area contributed by atoms with E-state index in [1.807, 2.05) is 0 Å². The quantitative estimate of drug-likeness (QED) is 0.550. The number of carbonyl (C=O) groups excluding carboxylic acids is 2. The number of thioether (sulfide) groups is 1. The third-order valence-electron chi connectivity index (χ3n) is 3.03. The van der Waals surface area contributed by atoms with Crippen LogP contribution in [0.1, 0.15) is 26.7 Å². The summed E-state index contributed by atoms with van der Waals surface area (Å²) >= 11 is 1.46. The first-order chi connectivity index (χ1) is 8.93. The summed E-state index contributed by atoms with van der Waals surface area (Å²) in [6, 6.07) is -0.671. The highest BCUT2D eigenvalue weighted by Gasteiger charge is 2.35. The van der Waals surface area contributed by atoms with Gasteiger partial charge in [-0.05, 0) is 12.8 Å². The molecule has 0 aliphatic carbocycles. The third-order valence-corrected chi connectivity index (χ3v) is 4.12. The molecule has 2 amide bonds. The normalized spacial score (nSPS) is 20.1. The summed E-state index contributed by atoms with van der Waals surface area (Å²) < 4.78 is 0. The molecule has 19 heavy (non-hydrogen) atoms. The van der Waals surface area contributed by atoms with E-state index in [9.17, 15) is 14.4 Å². The van der Waals surface area contributed by atoms with Crippen LogP contribution in [-0.4, -0.2) is 52.0 Å². The molecule has 1 saturated heterocycles. The molecule has 7 heteroatoms. The van der Waals surface area contributed by atoms with Crippen molar-refractivity contribution < 1.29 is 19.5 Å². The highest BCUT2D eigenvalue weighted by molar-refractivity contribution is 7.99. The van der Waals surface area contributed by atoms with Crippen molar-refractivity contribution in [2.45, 2.75) is 32.7 Å². The number of hydrogen-bond donors (Lipinski definition) is 2. The van der Waals surface area contributed by atoms with E-state index in [1.54, 1.807) is 6.92 Å². The molecule has 0 spiro atoms. The van der Waals surface area contributed by atoms with Crippen molar-refractivity contribution in [3.63, 3.8) is 0 Å². The molecule has 0 radical (unpaired) electrons. The standard InChI is InChI=1S/C12H20N2O4S/c1-8(6-19-7-13-9(2)15)11(16)14-5-3-4-10(14)12(17)18/h8,10H,3-7H2,1-2H3,(H,13,15)(H,17,18)/t8?,10-/m0/s1. The number of nitrogens with zero attached hydrogens (tertiary/aromatic N) is 1. The molecule has 1 unspecified atom stereocenters. The molecule has 1 aliphatic rings. The highest BCUT2D eigenvalue weighted by atomic mass is 32.2. The lowest BCUT2D eigenvalue weighted by Crippen LogP contribution is -2.43. The van der Waals surface area contributed by atoms with Crippen LogP contribution in [0.4, 0.5) is 0 Å². The van der Waals surface area contributed by atoms with E-state index in [-0.39, 0.29) is 17.7 Å². The summed E-state index contributed by atoms with van der Waals surface area (Å²) in [7, 11) is 0. The maximum atomic E-state index is 12.2. The van der Waals surface area contributed by atoms with E-state index in [0.29, 0.717) is 24.6 Å². The first kappa shape index (κ1) is 15.8. The van der Waals surface area contributed by atoms with Gasteiger partial charge in [-0.3, -0.25) is 9.59 Å². The first-order valence-corrected chi connectivity index (χ1v) is 7.44. The Balaban J connectivity index is 2.39. The minimum absolute atomic E-state index is 0.100. The highest BCUT2D eigenvalue weighted by Crippen LogP contribution is 2.21. The molecular weight excluding hydrogens is 268 g/mol. The SMILES string of the molecule is CC(=O)NCSCC(C)C(=O)N1CCC[C@H]1C(=O)O. The van der Waals surface area contributed by atoms with Crippen molar-refractivity contribution >= 4 is 29.5 Å². The molecule has 1 rings (SSSR count). The fraction of sp³-hybridized carbons (Fsp3) is 0.750. The zero-order valence-corrected chi connectivity index (χ0v) is 12.0. The Bertz CT molecular complexity index is 362. The second-order valence-electron chi connectivity index (χ2n) is 4.68. The zero-order valence-electron chi connectivity index (χ0n) is 11.2. The van der Waals surface area contributed by atoms with Crippen molar-refractivity contribution in [2.75, 3.05) is 18.2 Å². The van der Waals surface area contributed by atoms with Crippen LogP contribution in [0.25, 0.3) is 0 Å². The monoisotopic (exact) mass is 288 g/mol. The van der Waals surface area contributed by atoms with Gasteiger partial charge in [0.25, 0.3) is 0 Å². The minimum atomic E-state index is -0.927. The molecule has 1 aliphatic heterocycles. The molecule has 0 bridgehead atoms. The summed E-state index contributed by atoms with van der Waals surface area (Å²) in [5.74, 6) is -0.336. The summed E-state index contributed by atoms with van der Waals surface area (Å²) in [4.78, 5) is 35.3. The number of nitrogens with one attached hydrogen (secondary N) is 1. The van der Waals surface area contributed by atoms with Crippen LogP contribution in [0.3, 0.4) is 0 Å². The van der Waals surface area contributed by atoms with Gasteiger partial charge >= 0.3 is 5.97 Å². The molecule has 108 valence electrons. The van der Waals surface area contributed by atoms with E-state index in [1.165, 1.54) is 23.6 Å². The Hall–Kier alpha value is -1.24. The topological polar surface area (TPSA) is 86.7 Å². The number of carbonyl (C=O) groups is 3. The number of hydrogen-bond acceptors (Lipinski definition) is 4. The number of amides is 2. The Morgan fingerprint density at radius 1 is 1.47 bits per heavy atom. The molecular formula is C12H20N2O4S. The second kappa shape index (κ2) is 7.37. The minimum Gasteiger partial charge on any atom is -0.480 e. The number of carboxylic acid groups (broad SMARTS) is 1. The number of carboxylic acids is 1. The van der Waals surface area contributed by atoms with Gasteiger partial charge in [0.1, 0.15) is 6.04 Å². The van der Waals surface area contributed by atoms with Gasteiger partial charge in [0.05, 0.1) is 5.88 Å². The largest absolute Gasteiger partial charge is 0.480 e. The predicted molar refractivity (Wildman–Crippen MR) is 72.7 cm³/mol. The Labute approximate surface area is 116 Å². The fourth-order valence-electron chi connectivity index (χ4n) is 2.03. The van der Waals surface area contributed by atoms with Crippen LogP contribution in [-0.2, 0) is 14.4 Å². The van der Waals surface area contributed by atoms with Crippen LogP contribution < -0.4 is 5.32 Å². The molecule has 1 heterocycles. The lowest BCUT2D eigenvalue weighted by Gasteiger charge is -2.24. The van der Waals surface area contributed by atoms with Gasteiger partial charge in [0, 0.05) is 25.1 Å². The van der Waals surface area contributed by atoms with Gasteiger partial charge in [0.2, 0.25) is 11.8 Å². The molecule has 2 atom stereocenters. The number of likely N-dealkylation sites (tertiary alicyclic amines) is 1. The Kier molecular flexibility index (Phi) is 6.14. The molecule has 1 fully saturated rings. The first-order valence-electron chi connectivity index (χ1n) is 6.29. The van der Waals surface area contributed by atoms with E-state index in [0.717, 1.165) is 6.42 Å². The van der Waals surface area contributed by atoms with Gasteiger partial charge in [-0.25, -0.2) is 4.79 Å². The van der Waals surface area contributed by atoms with Crippen molar-refractivity contribution in [1.29, 1.82) is 0 Å². The Morgan fingerprint density at radius 2 is 2.16 bits per heavy atom. The average Bonchev–Trinajstić information content (AvgIpc) is 2.82. The van der Waals surface area contributed by atoms with Crippen molar-refractivity contribution in [3.05, 3.63) is 0 Å². The fourth-order valence-corrected chi connectivity index (χ4v) is 2.95. The maximum absolute atomic E-state index is 12.2. The van der Waals surface area contributed by atoms with Crippen LogP contribution in [0.5, 0.6) is 0 Å². The maximum Gasteiger partial charge on any atom is 0.326 e. The van der Waals surface area contributed by atoms with Crippen LogP contribution in [0, 0.1) is 5.92 Å². The van der Waals surface area contributed by atoms with E-state index in [2.05, 4.69) is 5.32 Å². The molecule has 0 aromatic heterocycles. The molecule has 0 saturated carbocycles. The van der Waals surface area contributed by atoms with Crippen molar-refractivity contribution in [1.82, 2.24) is 10.2 Å². The smallest absolute Gasteiger partial charge is 0.326 e. The van der Waals surface area contributed by atoms with Gasteiger partial charge in [-0.2, -0.15) is 0 Å². The summed E-state index contributed by atoms with van der Waals surface area (Å²) in [5, 5.41) is 11.7. The lowest BCUT2D eigenvalue weighted by molar-refractivity contribution is -0.149. The van der Waals surface area contributed by atoms with Crippen LogP contribution >= 0.6 is 11.8 Å².